The van der Waals surface area contributed by atoms with Crippen molar-refractivity contribution in [3.05, 3.63) is 67.8 Å². The van der Waals surface area contributed by atoms with Crippen LogP contribution >= 0.6 is 0 Å². The number of hydrogen-bond donors (Lipinski definition) is 0. The molecule has 3 heterocycles. The van der Waals surface area contributed by atoms with Crippen LogP contribution in [0.5, 0.6) is 5.88 Å². The Labute approximate surface area is 192 Å². The van der Waals surface area contributed by atoms with Gasteiger partial charge in [-0.05, 0) is 24.5 Å². The molecule has 1 aliphatic carbocycles. The number of hydrogen-bond acceptors (Lipinski definition) is 5. The standard InChI is InChI=1S/C25H26N6O2/c1-4-23(32)30(3)19-10-11-20(12-19)33-25-24-21(17-8-6-5-7-9-17)14-27-31(24)16-22(28-25)18-13-26-29(2)15-18/h4-9,13-16,19-20H,1,10-12H2,2-3H3. The molecular weight excluding hydrogens is 416 g/mol. The molecule has 5 rings (SSSR count). The lowest BCUT2D eigenvalue weighted by Gasteiger charge is -2.23. The second-order valence-corrected chi connectivity index (χ2v) is 8.41. The van der Waals surface area contributed by atoms with E-state index >= 15 is 0 Å². The zero-order valence-electron chi connectivity index (χ0n) is 18.8. The summed E-state index contributed by atoms with van der Waals surface area (Å²) in [6, 6.07) is 10.2. The Balaban J connectivity index is 1.53. The van der Waals surface area contributed by atoms with E-state index < -0.39 is 0 Å². The van der Waals surface area contributed by atoms with E-state index in [9.17, 15) is 4.79 Å². The second-order valence-electron chi connectivity index (χ2n) is 8.41. The minimum atomic E-state index is -0.0677. The van der Waals surface area contributed by atoms with E-state index in [-0.39, 0.29) is 18.1 Å². The van der Waals surface area contributed by atoms with Crippen molar-refractivity contribution in [3.63, 3.8) is 0 Å². The van der Waals surface area contributed by atoms with E-state index in [1.807, 2.05) is 55.4 Å². The van der Waals surface area contributed by atoms with Gasteiger partial charge in [-0.25, -0.2) is 9.50 Å². The maximum absolute atomic E-state index is 12.0. The summed E-state index contributed by atoms with van der Waals surface area (Å²) in [6.07, 6.45) is 11.2. The summed E-state index contributed by atoms with van der Waals surface area (Å²) < 4.78 is 10.1. The lowest BCUT2D eigenvalue weighted by Crippen LogP contribution is -2.34. The average Bonchev–Trinajstić information content (AvgIpc) is 3.58. The van der Waals surface area contributed by atoms with Gasteiger partial charge in [0, 0.05) is 43.9 Å². The van der Waals surface area contributed by atoms with E-state index in [4.69, 9.17) is 9.72 Å². The molecule has 2 unspecified atom stereocenters. The van der Waals surface area contributed by atoms with Crippen LogP contribution in [0.25, 0.3) is 27.9 Å². The molecule has 1 aliphatic rings. The predicted octanol–water partition coefficient (Wildman–Crippen LogP) is 3.74. The van der Waals surface area contributed by atoms with Gasteiger partial charge >= 0.3 is 0 Å². The summed E-state index contributed by atoms with van der Waals surface area (Å²) in [7, 11) is 3.70. The number of nitrogens with zero attached hydrogens (tertiary/aromatic N) is 6. The molecule has 1 amide bonds. The van der Waals surface area contributed by atoms with Gasteiger partial charge in [0.2, 0.25) is 11.8 Å². The van der Waals surface area contributed by atoms with Crippen molar-refractivity contribution in [2.45, 2.75) is 31.4 Å². The number of rotatable bonds is 6. The van der Waals surface area contributed by atoms with Crippen molar-refractivity contribution in [2.75, 3.05) is 7.05 Å². The lowest BCUT2D eigenvalue weighted by atomic mass is 10.1. The molecule has 0 radical (unpaired) electrons. The third-order valence-electron chi connectivity index (χ3n) is 6.26. The minimum absolute atomic E-state index is 0.0472. The third kappa shape index (κ3) is 4.00. The predicted molar refractivity (Wildman–Crippen MR) is 126 cm³/mol. The van der Waals surface area contributed by atoms with Crippen molar-refractivity contribution in [3.8, 4) is 28.3 Å². The summed E-state index contributed by atoms with van der Waals surface area (Å²) in [4.78, 5) is 18.7. The molecule has 0 aliphatic heterocycles. The smallest absolute Gasteiger partial charge is 0.245 e. The maximum Gasteiger partial charge on any atom is 0.245 e. The molecule has 8 heteroatoms. The van der Waals surface area contributed by atoms with Crippen LogP contribution in [0.3, 0.4) is 0 Å². The van der Waals surface area contributed by atoms with Crippen molar-refractivity contribution in [2.24, 2.45) is 7.05 Å². The number of carbonyl (C=O) groups excluding carboxylic acids is 1. The Morgan fingerprint density at radius 2 is 1.97 bits per heavy atom. The first-order chi connectivity index (χ1) is 16.0. The largest absolute Gasteiger partial charge is 0.473 e. The summed E-state index contributed by atoms with van der Waals surface area (Å²) in [6.45, 7) is 3.60. The number of ether oxygens (including phenoxy) is 1. The van der Waals surface area contributed by atoms with Gasteiger partial charge in [0.25, 0.3) is 0 Å². The van der Waals surface area contributed by atoms with Gasteiger partial charge in [0.05, 0.1) is 24.3 Å². The first kappa shape index (κ1) is 20.9. The summed E-state index contributed by atoms with van der Waals surface area (Å²) >= 11 is 0. The molecule has 168 valence electrons. The van der Waals surface area contributed by atoms with Crippen LogP contribution in [0.1, 0.15) is 19.3 Å². The normalized spacial score (nSPS) is 17.9. The Kier molecular flexibility index (Phi) is 5.42. The minimum Gasteiger partial charge on any atom is -0.473 e. The van der Waals surface area contributed by atoms with Crippen molar-refractivity contribution >= 4 is 11.4 Å². The average molecular weight is 443 g/mol. The fourth-order valence-electron chi connectivity index (χ4n) is 4.44. The van der Waals surface area contributed by atoms with Crippen molar-refractivity contribution < 1.29 is 9.53 Å². The van der Waals surface area contributed by atoms with E-state index in [1.54, 1.807) is 15.8 Å². The van der Waals surface area contributed by atoms with Crippen LogP contribution in [0, 0.1) is 0 Å². The molecule has 0 saturated heterocycles. The lowest BCUT2D eigenvalue weighted by molar-refractivity contribution is -0.126. The van der Waals surface area contributed by atoms with Crippen LogP contribution in [-0.4, -0.2) is 54.4 Å². The van der Waals surface area contributed by atoms with Gasteiger partial charge in [-0.15, -0.1) is 0 Å². The van der Waals surface area contributed by atoms with Crippen LogP contribution in [-0.2, 0) is 11.8 Å². The molecule has 4 aromatic rings. The first-order valence-electron chi connectivity index (χ1n) is 11.0. The first-order valence-corrected chi connectivity index (χ1v) is 11.0. The zero-order valence-corrected chi connectivity index (χ0v) is 18.8. The maximum atomic E-state index is 12.0. The number of aromatic nitrogens is 5. The Morgan fingerprint density at radius 1 is 1.15 bits per heavy atom. The van der Waals surface area contributed by atoms with E-state index in [0.717, 1.165) is 47.2 Å². The van der Waals surface area contributed by atoms with Crippen LogP contribution in [0.4, 0.5) is 0 Å². The van der Waals surface area contributed by atoms with Gasteiger partial charge in [-0.2, -0.15) is 10.2 Å². The molecule has 1 saturated carbocycles. The van der Waals surface area contributed by atoms with Gasteiger partial charge in [0.15, 0.2) is 0 Å². The molecule has 33 heavy (non-hydrogen) atoms. The molecule has 8 nitrogen and oxygen atoms in total. The third-order valence-corrected chi connectivity index (χ3v) is 6.26. The number of likely N-dealkylation sites (N-methyl/N-ethyl adjacent to an activating group) is 1. The second kappa shape index (κ2) is 8.54. The Bertz CT molecular complexity index is 1310. The topological polar surface area (TPSA) is 77.6 Å². The van der Waals surface area contributed by atoms with Crippen LogP contribution in [0.15, 0.2) is 67.8 Å². The van der Waals surface area contributed by atoms with Gasteiger partial charge in [0.1, 0.15) is 11.6 Å². The van der Waals surface area contributed by atoms with E-state index in [2.05, 4.69) is 28.9 Å². The number of aryl methyl sites for hydroxylation is 1. The fraction of sp³-hybridized carbons (Fsp3) is 0.280. The molecule has 2 atom stereocenters. The van der Waals surface area contributed by atoms with Crippen LogP contribution in [0.2, 0.25) is 0 Å². The van der Waals surface area contributed by atoms with Crippen LogP contribution < -0.4 is 4.74 Å². The molecule has 3 aromatic heterocycles. The molecule has 1 fully saturated rings. The Morgan fingerprint density at radius 3 is 2.70 bits per heavy atom. The number of carbonyl (C=O) groups is 1. The highest BCUT2D eigenvalue weighted by molar-refractivity contribution is 5.87. The quantitative estimate of drug-likeness (QED) is 0.425. The van der Waals surface area contributed by atoms with E-state index in [0.29, 0.717) is 5.88 Å². The Hall–Kier alpha value is -3.94. The molecule has 0 bridgehead atoms. The zero-order chi connectivity index (χ0) is 22.9. The van der Waals surface area contributed by atoms with Gasteiger partial charge in [-0.3, -0.25) is 9.48 Å². The molecule has 1 aromatic carbocycles. The SMILES string of the molecule is C=CC(=O)N(C)C1CCC(Oc2nc(-c3cnn(C)c3)cn3ncc(-c4ccccc4)c23)C1. The summed E-state index contributed by atoms with van der Waals surface area (Å²) in [5.41, 5.74) is 4.47. The highest BCUT2D eigenvalue weighted by Crippen LogP contribution is 2.35. The monoisotopic (exact) mass is 442 g/mol. The van der Waals surface area contributed by atoms with E-state index in [1.165, 1.54) is 6.08 Å². The van der Waals surface area contributed by atoms with Gasteiger partial charge in [-0.1, -0.05) is 36.9 Å². The highest BCUT2D eigenvalue weighted by Gasteiger charge is 2.31. The molecular formula is C25H26N6O2. The highest BCUT2D eigenvalue weighted by atomic mass is 16.5. The number of benzene rings is 1. The molecule has 0 spiro atoms. The van der Waals surface area contributed by atoms with Gasteiger partial charge < -0.3 is 9.64 Å². The summed E-state index contributed by atoms with van der Waals surface area (Å²) in [5, 5.41) is 8.88. The number of amides is 1. The summed E-state index contributed by atoms with van der Waals surface area (Å²) in [5.74, 6) is 0.470. The van der Waals surface area contributed by atoms with Crippen molar-refractivity contribution in [1.29, 1.82) is 0 Å². The van der Waals surface area contributed by atoms with Crippen molar-refractivity contribution in [1.82, 2.24) is 29.3 Å². The fourth-order valence-corrected chi connectivity index (χ4v) is 4.44. The number of fused-ring (bicyclic) bond motifs is 1. The molecule has 0 N–H and O–H groups in total.